The molecule has 0 aliphatic heterocycles. The van der Waals surface area contributed by atoms with Crippen LogP contribution in [0.15, 0.2) is 38.5 Å². The predicted molar refractivity (Wildman–Crippen MR) is 113 cm³/mol. The number of thiophene rings is 2. The summed E-state index contributed by atoms with van der Waals surface area (Å²) in [6.45, 7) is 1.10. The molecule has 0 unspecified atom stereocenters. The average Bonchev–Trinajstić information content (AvgIpc) is 3.37. The molecule has 1 amide bonds. The van der Waals surface area contributed by atoms with Gasteiger partial charge in [-0.2, -0.15) is 0 Å². The first-order chi connectivity index (χ1) is 13.6. The number of amides is 1. The molecular formula is C20H23N3O3S2. The fourth-order valence-electron chi connectivity index (χ4n) is 3.91. The lowest BCUT2D eigenvalue weighted by atomic mass is 9.81. The Kier molecular flexibility index (Phi) is 5.77. The van der Waals surface area contributed by atoms with Gasteiger partial charge in [-0.25, -0.2) is 4.79 Å². The Morgan fingerprint density at radius 1 is 1.14 bits per heavy atom. The highest BCUT2D eigenvalue weighted by molar-refractivity contribution is 7.17. The van der Waals surface area contributed by atoms with Crippen molar-refractivity contribution >= 4 is 38.8 Å². The first-order valence-corrected chi connectivity index (χ1v) is 11.4. The van der Waals surface area contributed by atoms with Crippen molar-refractivity contribution in [2.24, 2.45) is 11.8 Å². The monoisotopic (exact) mass is 417 g/mol. The lowest BCUT2D eigenvalue weighted by Gasteiger charge is -2.27. The average molecular weight is 418 g/mol. The second kappa shape index (κ2) is 8.45. The second-order valence-electron chi connectivity index (χ2n) is 7.35. The zero-order chi connectivity index (χ0) is 19.5. The summed E-state index contributed by atoms with van der Waals surface area (Å²) in [5.74, 6) is 0.422. The SMILES string of the molecule is O=C(NCCc1cccs1)C1CCC(Cn2c(=O)[nH]c3ccsc3c2=O)CC1. The lowest BCUT2D eigenvalue weighted by Crippen LogP contribution is -2.39. The van der Waals surface area contributed by atoms with E-state index in [2.05, 4.69) is 16.4 Å². The maximum atomic E-state index is 12.6. The van der Waals surface area contributed by atoms with Gasteiger partial charge < -0.3 is 10.3 Å². The smallest absolute Gasteiger partial charge is 0.328 e. The number of aromatic amines is 1. The maximum Gasteiger partial charge on any atom is 0.328 e. The van der Waals surface area contributed by atoms with Crippen LogP contribution in [0.2, 0.25) is 0 Å². The first-order valence-electron chi connectivity index (χ1n) is 9.62. The van der Waals surface area contributed by atoms with Crippen LogP contribution in [0, 0.1) is 11.8 Å². The lowest BCUT2D eigenvalue weighted by molar-refractivity contribution is -0.126. The van der Waals surface area contributed by atoms with E-state index >= 15 is 0 Å². The third-order valence-electron chi connectivity index (χ3n) is 5.50. The number of carbonyl (C=O) groups excluding carboxylic acids is 1. The van der Waals surface area contributed by atoms with Crippen molar-refractivity contribution in [3.8, 4) is 0 Å². The van der Waals surface area contributed by atoms with Gasteiger partial charge in [0.05, 0.1) is 5.52 Å². The minimum Gasteiger partial charge on any atom is -0.356 e. The molecule has 3 aromatic rings. The Morgan fingerprint density at radius 2 is 1.96 bits per heavy atom. The van der Waals surface area contributed by atoms with Gasteiger partial charge in [0.25, 0.3) is 5.56 Å². The van der Waals surface area contributed by atoms with Crippen molar-refractivity contribution in [3.63, 3.8) is 0 Å². The zero-order valence-electron chi connectivity index (χ0n) is 15.5. The van der Waals surface area contributed by atoms with Crippen molar-refractivity contribution in [3.05, 3.63) is 54.7 Å². The van der Waals surface area contributed by atoms with E-state index in [1.807, 2.05) is 16.8 Å². The number of hydrogen-bond acceptors (Lipinski definition) is 5. The number of H-pyrrole nitrogens is 1. The molecule has 6 nitrogen and oxygen atoms in total. The van der Waals surface area contributed by atoms with Crippen molar-refractivity contribution in [2.45, 2.75) is 38.6 Å². The van der Waals surface area contributed by atoms with E-state index in [0.717, 1.165) is 32.1 Å². The Bertz CT molecular complexity index is 1060. The van der Waals surface area contributed by atoms with Crippen molar-refractivity contribution in [1.82, 2.24) is 14.9 Å². The molecule has 0 bridgehead atoms. The topological polar surface area (TPSA) is 84.0 Å². The van der Waals surface area contributed by atoms with Crippen molar-refractivity contribution in [2.75, 3.05) is 6.54 Å². The van der Waals surface area contributed by atoms with Gasteiger partial charge in [0.15, 0.2) is 0 Å². The Morgan fingerprint density at radius 3 is 2.71 bits per heavy atom. The predicted octanol–water partition coefficient (Wildman–Crippen LogP) is 2.98. The summed E-state index contributed by atoms with van der Waals surface area (Å²) in [5.41, 5.74) is 0.0608. The molecule has 148 valence electrons. The summed E-state index contributed by atoms with van der Waals surface area (Å²) in [5, 5.41) is 6.91. The molecule has 0 spiro atoms. The molecule has 1 aliphatic carbocycles. The van der Waals surface area contributed by atoms with Gasteiger partial charge in [-0.3, -0.25) is 14.2 Å². The van der Waals surface area contributed by atoms with Gasteiger partial charge in [-0.1, -0.05) is 6.07 Å². The molecule has 0 aromatic carbocycles. The van der Waals surface area contributed by atoms with E-state index in [4.69, 9.17) is 0 Å². The Labute approximate surface area is 170 Å². The van der Waals surface area contributed by atoms with Gasteiger partial charge >= 0.3 is 5.69 Å². The molecule has 0 atom stereocenters. The number of nitrogens with one attached hydrogen (secondary N) is 2. The second-order valence-corrected chi connectivity index (χ2v) is 9.30. The minimum atomic E-state index is -0.343. The van der Waals surface area contributed by atoms with Crippen LogP contribution in [0.3, 0.4) is 0 Å². The molecular weight excluding hydrogens is 394 g/mol. The van der Waals surface area contributed by atoms with Gasteiger partial charge in [0.1, 0.15) is 4.70 Å². The summed E-state index contributed by atoms with van der Waals surface area (Å²) < 4.78 is 1.92. The highest BCUT2D eigenvalue weighted by Gasteiger charge is 2.27. The van der Waals surface area contributed by atoms with Crippen LogP contribution in [0.5, 0.6) is 0 Å². The molecule has 0 saturated heterocycles. The van der Waals surface area contributed by atoms with E-state index in [0.29, 0.717) is 23.3 Å². The molecule has 3 heterocycles. The van der Waals surface area contributed by atoms with Crippen LogP contribution in [0.1, 0.15) is 30.6 Å². The number of aromatic nitrogens is 2. The first kappa shape index (κ1) is 19.1. The van der Waals surface area contributed by atoms with Crippen LogP contribution in [0.4, 0.5) is 0 Å². The molecule has 28 heavy (non-hydrogen) atoms. The molecule has 1 saturated carbocycles. The maximum absolute atomic E-state index is 12.6. The van der Waals surface area contributed by atoms with E-state index in [9.17, 15) is 14.4 Å². The highest BCUT2D eigenvalue weighted by atomic mass is 32.1. The molecule has 2 N–H and O–H groups in total. The van der Waals surface area contributed by atoms with Gasteiger partial charge in [-0.15, -0.1) is 22.7 Å². The van der Waals surface area contributed by atoms with Gasteiger partial charge in [0, 0.05) is 23.9 Å². The third-order valence-corrected chi connectivity index (χ3v) is 7.34. The Balaban J connectivity index is 1.30. The van der Waals surface area contributed by atoms with Gasteiger partial charge in [0.2, 0.25) is 5.91 Å². The molecule has 8 heteroatoms. The standard InChI is InChI=1S/C20H23N3O3S2/c24-18(21-9-7-15-2-1-10-27-15)14-5-3-13(4-6-14)12-23-19(25)17-16(8-11-28-17)22-20(23)26/h1-2,8,10-11,13-14H,3-7,9,12H2,(H,21,24)(H,22,26). The van der Waals surface area contributed by atoms with Crippen LogP contribution in [0.25, 0.3) is 10.2 Å². The van der Waals surface area contributed by atoms with Crippen LogP contribution < -0.4 is 16.6 Å². The largest absolute Gasteiger partial charge is 0.356 e. The number of nitrogens with zero attached hydrogens (tertiary/aromatic N) is 1. The number of hydrogen-bond donors (Lipinski definition) is 2. The summed E-state index contributed by atoms with van der Waals surface area (Å²) in [4.78, 5) is 41.3. The number of carbonyl (C=O) groups is 1. The fraction of sp³-hybridized carbons (Fsp3) is 0.450. The molecule has 1 fully saturated rings. The molecule has 3 aromatic heterocycles. The molecule has 1 aliphatic rings. The van der Waals surface area contributed by atoms with E-state index in [1.54, 1.807) is 17.4 Å². The Hall–Kier alpha value is -2.19. The quantitative estimate of drug-likeness (QED) is 0.647. The summed E-state index contributed by atoms with van der Waals surface area (Å²) in [6.07, 6.45) is 4.21. The summed E-state index contributed by atoms with van der Waals surface area (Å²) in [7, 11) is 0. The zero-order valence-corrected chi connectivity index (χ0v) is 17.1. The van der Waals surface area contributed by atoms with Crippen LogP contribution in [-0.2, 0) is 17.8 Å². The van der Waals surface area contributed by atoms with E-state index in [1.165, 1.54) is 20.8 Å². The molecule has 4 rings (SSSR count). The van der Waals surface area contributed by atoms with Crippen LogP contribution >= 0.6 is 22.7 Å². The minimum absolute atomic E-state index is 0.0365. The third kappa shape index (κ3) is 4.12. The highest BCUT2D eigenvalue weighted by Crippen LogP contribution is 2.29. The fourth-order valence-corrected chi connectivity index (χ4v) is 5.42. The summed E-state index contributed by atoms with van der Waals surface area (Å²) >= 11 is 3.06. The van der Waals surface area contributed by atoms with Crippen LogP contribution in [-0.4, -0.2) is 22.0 Å². The number of rotatable bonds is 6. The van der Waals surface area contributed by atoms with Crippen molar-refractivity contribution in [1.29, 1.82) is 0 Å². The molecule has 0 radical (unpaired) electrons. The van der Waals surface area contributed by atoms with E-state index < -0.39 is 0 Å². The van der Waals surface area contributed by atoms with Crippen molar-refractivity contribution < 1.29 is 4.79 Å². The number of fused-ring (bicyclic) bond motifs is 1. The van der Waals surface area contributed by atoms with Gasteiger partial charge in [-0.05, 0) is 60.9 Å². The summed E-state index contributed by atoms with van der Waals surface area (Å²) in [6, 6.07) is 5.87. The normalized spacial score (nSPS) is 19.7. The van der Waals surface area contributed by atoms with E-state index in [-0.39, 0.29) is 29.0 Å².